The standard InChI is InChI=1S/C15H11NO4/c17-14-12-7-2-1-5-10(12)11-6-3-4-8-13(11)15(14,18)9-16(19)20/h1-8,18H,9H2. The number of ketones is 1. The summed E-state index contributed by atoms with van der Waals surface area (Å²) in [7, 11) is 0. The number of benzene rings is 2. The predicted molar refractivity (Wildman–Crippen MR) is 72.0 cm³/mol. The second kappa shape index (κ2) is 4.25. The number of rotatable bonds is 2. The molecular formula is C15H11NO4. The molecule has 0 fully saturated rings. The molecule has 0 saturated heterocycles. The van der Waals surface area contributed by atoms with Crippen LogP contribution in [0.1, 0.15) is 15.9 Å². The average molecular weight is 269 g/mol. The molecule has 5 nitrogen and oxygen atoms in total. The highest BCUT2D eigenvalue weighted by Gasteiger charge is 2.48. The molecule has 0 amide bonds. The highest BCUT2D eigenvalue weighted by atomic mass is 16.6. The Kier molecular flexibility index (Phi) is 2.65. The largest absolute Gasteiger partial charge is 0.372 e. The average Bonchev–Trinajstić information content (AvgIpc) is 2.45. The van der Waals surface area contributed by atoms with E-state index in [-0.39, 0.29) is 0 Å². The first kappa shape index (κ1) is 12.5. The zero-order valence-electron chi connectivity index (χ0n) is 10.4. The fourth-order valence-corrected chi connectivity index (χ4v) is 2.68. The minimum atomic E-state index is -2.10. The van der Waals surface area contributed by atoms with Gasteiger partial charge in [-0.25, -0.2) is 0 Å². The van der Waals surface area contributed by atoms with Gasteiger partial charge in [0.2, 0.25) is 17.9 Å². The lowest BCUT2D eigenvalue weighted by Gasteiger charge is -2.31. The Balaban J connectivity index is 2.32. The normalized spacial score (nSPS) is 20.1. The fourth-order valence-electron chi connectivity index (χ4n) is 2.68. The number of fused-ring (bicyclic) bond motifs is 3. The van der Waals surface area contributed by atoms with Crippen LogP contribution in [-0.2, 0) is 5.60 Å². The molecule has 2 aromatic rings. The van der Waals surface area contributed by atoms with Gasteiger partial charge in [-0.15, -0.1) is 0 Å². The molecule has 0 spiro atoms. The molecule has 0 saturated carbocycles. The van der Waals surface area contributed by atoms with Crippen molar-refractivity contribution in [3.8, 4) is 11.1 Å². The van der Waals surface area contributed by atoms with Crippen LogP contribution >= 0.6 is 0 Å². The highest BCUT2D eigenvalue weighted by molar-refractivity contribution is 6.11. The first-order valence-corrected chi connectivity index (χ1v) is 6.12. The fraction of sp³-hybridized carbons (Fsp3) is 0.133. The molecule has 0 heterocycles. The van der Waals surface area contributed by atoms with E-state index in [0.29, 0.717) is 22.3 Å². The van der Waals surface area contributed by atoms with Gasteiger partial charge in [0.25, 0.3) is 0 Å². The van der Waals surface area contributed by atoms with Crippen molar-refractivity contribution in [1.29, 1.82) is 0 Å². The van der Waals surface area contributed by atoms with Crippen molar-refractivity contribution in [1.82, 2.24) is 0 Å². The van der Waals surface area contributed by atoms with Gasteiger partial charge in [0, 0.05) is 16.1 Å². The van der Waals surface area contributed by atoms with E-state index in [1.807, 2.05) is 0 Å². The summed E-state index contributed by atoms with van der Waals surface area (Å²) < 4.78 is 0. The summed E-state index contributed by atoms with van der Waals surface area (Å²) in [6, 6.07) is 13.6. The molecule has 20 heavy (non-hydrogen) atoms. The molecule has 100 valence electrons. The lowest BCUT2D eigenvalue weighted by atomic mass is 9.74. The van der Waals surface area contributed by atoms with Crippen LogP contribution in [0.2, 0.25) is 0 Å². The number of nitrogens with zero attached hydrogens (tertiary/aromatic N) is 1. The number of aliphatic hydroxyl groups is 1. The van der Waals surface area contributed by atoms with Gasteiger partial charge in [-0.05, 0) is 11.1 Å². The SMILES string of the molecule is O=C1c2ccccc2-c2ccccc2C1(O)C[N+](=O)[O-]. The summed E-state index contributed by atoms with van der Waals surface area (Å²) in [6.45, 7) is -0.836. The molecule has 1 atom stereocenters. The van der Waals surface area contributed by atoms with Crippen LogP contribution in [0.3, 0.4) is 0 Å². The van der Waals surface area contributed by atoms with Gasteiger partial charge in [0.05, 0.1) is 0 Å². The van der Waals surface area contributed by atoms with Crippen molar-refractivity contribution in [2.24, 2.45) is 0 Å². The van der Waals surface area contributed by atoms with Gasteiger partial charge in [-0.3, -0.25) is 14.9 Å². The molecule has 1 aliphatic rings. The van der Waals surface area contributed by atoms with Crippen LogP contribution in [0.25, 0.3) is 11.1 Å². The maximum Gasteiger partial charge on any atom is 0.243 e. The zero-order chi connectivity index (χ0) is 14.3. The molecule has 0 radical (unpaired) electrons. The number of carbonyl (C=O) groups excluding carboxylic acids is 1. The second-order valence-electron chi connectivity index (χ2n) is 4.77. The van der Waals surface area contributed by atoms with E-state index in [1.165, 1.54) is 0 Å². The van der Waals surface area contributed by atoms with E-state index < -0.39 is 22.9 Å². The van der Waals surface area contributed by atoms with Crippen molar-refractivity contribution in [3.05, 3.63) is 69.8 Å². The van der Waals surface area contributed by atoms with Gasteiger partial charge < -0.3 is 5.11 Å². The van der Waals surface area contributed by atoms with Gasteiger partial charge in [-0.2, -0.15) is 0 Å². The summed E-state index contributed by atoms with van der Waals surface area (Å²) in [5.74, 6) is -0.622. The molecule has 2 aromatic carbocycles. The van der Waals surface area contributed by atoms with Crippen molar-refractivity contribution < 1.29 is 14.8 Å². The minimum absolute atomic E-state index is 0.292. The van der Waals surface area contributed by atoms with Crippen LogP contribution in [0, 0.1) is 10.1 Å². The summed E-state index contributed by atoms with van der Waals surface area (Å²) >= 11 is 0. The van der Waals surface area contributed by atoms with E-state index >= 15 is 0 Å². The highest BCUT2D eigenvalue weighted by Crippen LogP contribution is 2.41. The lowest BCUT2D eigenvalue weighted by molar-refractivity contribution is -0.497. The zero-order valence-corrected chi connectivity index (χ0v) is 10.4. The molecule has 1 N–H and O–H groups in total. The van der Waals surface area contributed by atoms with E-state index in [1.54, 1.807) is 48.5 Å². The molecular weight excluding hydrogens is 258 g/mol. The van der Waals surface area contributed by atoms with Gasteiger partial charge in [-0.1, -0.05) is 48.5 Å². The molecule has 0 aromatic heterocycles. The number of Topliss-reactive ketones (excluding diaryl/α,β-unsaturated/α-hetero) is 1. The van der Waals surface area contributed by atoms with Crippen molar-refractivity contribution in [3.63, 3.8) is 0 Å². The van der Waals surface area contributed by atoms with E-state index in [4.69, 9.17) is 0 Å². The van der Waals surface area contributed by atoms with Gasteiger partial charge in [0.15, 0.2) is 0 Å². The summed E-state index contributed by atoms with van der Waals surface area (Å²) in [5, 5.41) is 21.5. The Hall–Kier alpha value is -2.53. The smallest absolute Gasteiger partial charge is 0.243 e. The van der Waals surface area contributed by atoms with Crippen LogP contribution < -0.4 is 0 Å². The quantitative estimate of drug-likeness (QED) is 0.668. The summed E-state index contributed by atoms with van der Waals surface area (Å²) in [5.41, 5.74) is -0.141. The first-order valence-electron chi connectivity index (χ1n) is 6.12. The van der Waals surface area contributed by atoms with E-state index in [9.17, 15) is 20.0 Å². The lowest BCUT2D eigenvalue weighted by Crippen LogP contribution is -2.44. The monoisotopic (exact) mass is 269 g/mol. The first-order chi connectivity index (χ1) is 9.54. The molecule has 0 bridgehead atoms. The molecule has 1 aliphatic carbocycles. The Bertz CT molecular complexity index is 725. The number of nitro groups is 1. The third-order valence-electron chi connectivity index (χ3n) is 3.57. The van der Waals surface area contributed by atoms with E-state index in [0.717, 1.165) is 0 Å². The second-order valence-corrected chi connectivity index (χ2v) is 4.77. The molecule has 0 aliphatic heterocycles. The Labute approximate surface area is 114 Å². The van der Waals surface area contributed by atoms with Gasteiger partial charge >= 0.3 is 0 Å². The minimum Gasteiger partial charge on any atom is -0.372 e. The maximum atomic E-state index is 12.5. The number of carbonyl (C=O) groups is 1. The Morgan fingerprint density at radius 3 is 2.20 bits per heavy atom. The van der Waals surface area contributed by atoms with Crippen LogP contribution in [0.4, 0.5) is 0 Å². The van der Waals surface area contributed by atoms with Gasteiger partial charge in [0.1, 0.15) is 0 Å². The van der Waals surface area contributed by atoms with Crippen LogP contribution in [0.5, 0.6) is 0 Å². The third kappa shape index (κ3) is 1.64. The molecule has 3 rings (SSSR count). The number of hydrogen-bond acceptors (Lipinski definition) is 4. The van der Waals surface area contributed by atoms with Crippen molar-refractivity contribution in [2.45, 2.75) is 5.60 Å². The maximum absolute atomic E-state index is 12.5. The Morgan fingerprint density at radius 2 is 1.55 bits per heavy atom. The van der Waals surface area contributed by atoms with Crippen LogP contribution in [0.15, 0.2) is 48.5 Å². The summed E-state index contributed by atoms with van der Waals surface area (Å²) in [4.78, 5) is 22.7. The number of hydrogen-bond donors (Lipinski definition) is 1. The van der Waals surface area contributed by atoms with Crippen molar-refractivity contribution in [2.75, 3.05) is 6.54 Å². The van der Waals surface area contributed by atoms with Crippen molar-refractivity contribution >= 4 is 5.78 Å². The van der Waals surface area contributed by atoms with E-state index in [2.05, 4.69) is 0 Å². The molecule has 1 unspecified atom stereocenters. The Morgan fingerprint density at radius 1 is 1.00 bits per heavy atom. The topological polar surface area (TPSA) is 80.4 Å². The summed E-state index contributed by atoms with van der Waals surface area (Å²) in [6.07, 6.45) is 0. The molecule has 5 heteroatoms. The third-order valence-corrected chi connectivity index (χ3v) is 3.57. The van der Waals surface area contributed by atoms with Crippen LogP contribution in [-0.4, -0.2) is 22.4 Å². The predicted octanol–water partition coefficient (Wildman–Crippen LogP) is 2.01.